The number of halogens is 1. The first kappa shape index (κ1) is 15.6. The maximum Gasteiger partial charge on any atom is 0.256 e. The molecule has 1 atom stereocenters. The van der Waals surface area contributed by atoms with Crippen molar-refractivity contribution in [1.82, 2.24) is 9.80 Å². The molecule has 0 N–H and O–H groups in total. The Kier molecular flexibility index (Phi) is 4.15. The van der Waals surface area contributed by atoms with Gasteiger partial charge in [-0.25, -0.2) is 4.39 Å². The smallest absolute Gasteiger partial charge is 0.256 e. The number of likely N-dealkylation sites (N-methyl/N-ethyl adjacent to an activating group) is 1. The first-order valence-corrected chi connectivity index (χ1v) is 7.82. The second-order valence-electron chi connectivity index (χ2n) is 6.27. The summed E-state index contributed by atoms with van der Waals surface area (Å²) in [5.74, 6) is -0.780. The van der Waals surface area contributed by atoms with Crippen LogP contribution in [0, 0.1) is 11.7 Å². The number of carbonyl (C=O) groups excluding carboxylic acids is 3. The largest absolute Gasteiger partial charge is 0.341 e. The van der Waals surface area contributed by atoms with E-state index in [-0.39, 0.29) is 29.0 Å². The molecule has 1 heterocycles. The minimum Gasteiger partial charge on any atom is -0.341 e. The zero-order valence-corrected chi connectivity index (χ0v) is 13.0. The lowest BCUT2D eigenvalue weighted by atomic mass is 10.1. The number of hydrogen-bond donors (Lipinski definition) is 0. The highest BCUT2D eigenvalue weighted by molar-refractivity contribution is 5.96. The van der Waals surface area contributed by atoms with Crippen LogP contribution in [0.15, 0.2) is 18.2 Å². The summed E-state index contributed by atoms with van der Waals surface area (Å²) in [5, 5.41) is 0. The Balaban J connectivity index is 1.69. The summed E-state index contributed by atoms with van der Waals surface area (Å²) in [5.41, 5.74) is 0.179. The third kappa shape index (κ3) is 3.11. The van der Waals surface area contributed by atoms with Crippen LogP contribution >= 0.6 is 0 Å². The number of nitrogens with zero attached hydrogens (tertiary/aromatic N) is 2. The molecule has 0 radical (unpaired) electrons. The molecule has 2 aliphatic rings. The molecule has 0 unspecified atom stereocenters. The molecule has 1 aromatic carbocycles. The summed E-state index contributed by atoms with van der Waals surface area (Å²) < 4.78 is 13.9. The van der Waals surface area contributed by atoms with Crippen molar-refractivity contribution >= 4 is 18.1 Å². The van der Waals surface area contributed by atoms with Gasteiger partial charge in [-0.05, 0) is 37.5 Å². The Morgan fingerprint density at radius 2 is 2.04 bits per heavy atom. The topological polar surface area (TPSA) is 57.7 Å². The van der Waals surface area contributed by atoms with Crippen LogP contribution in [-0.2, 0) is 4.79 Å². The van der Waals surface area contributed by atoms with Gasteiger partial charge in [0.15, 0.2) is 0 Å². The fraction of sp³-hybridized carbons (Fsp3) is 0.471. The van der Waals surface area contributed by atoms with E-state index in [0.29, 0.717) is 25.8 Å². The van der Waals surface area contributed by atoms with Crippen molar-refractivity contribution in [1.29, 1.82) is 0 Å². The van der Waals surface area contributed by atoms with Crippen LogP contribution in [0.5, 0.6) is 0 Å². The molecule has 1 aliphatic heterocycles. The van der Waals surface area contributed by atoms with Crippen molar-refractivity contribution in [3.63, 3.8) is 0 Å². The summed E-state index contributed by atoms with van der Waals surface area (Å²) >= 11 is 0. The number of likely N-dealkylation sites (tertiary alicyclic amines) is 1. The minimum absolute atomic E-state index is 0.0237. The summed E-state index contributed by atoms with van der Waals surface area (Å²) in [6, 6.07) is 3.72. The maximum atomic E-state index is 13.9. The van der Waals surface area contributed by atoms with E-state index in [0.717, 1.165) is 18.9 Å². The van der Waals surface area contributed by atoms with E-state index < -0.39 is 11.7 Å². The van der Waals surface area contributed by atoms with E-state index in [1.54, 1.807) is 16.8 Å². The fourth-order valence-corrected chi connectivity index (χ4v) is 2.99. The molecule has 2 fully saturated rings. The van der Waals surface area contributed by atoms with Crippen molar-refractivity contribution < 1.29 is 18.8 Å². The van der Waals surface area contributed by atoms with E-state index in [9.17, 15) is 18.8 Å². The average molecular weight is 318 g/mol. The number of aldehydes is 1. The number of carbonyl (C=O) groups is 3. The first-order valence-electron chi connectivity index (χ1n) is 7.82. The van der Waals surface area contributed by atoms with E-state index in [4.69, 9.17) is 0 Å². The van der Waals surface area contributed by atoms with Gasteiger partial charge in [-0.15, -0.1) is 0 Å². The normalized spacial score (nSPS) is 20.4. The fourth-order valence-electron chi connectivity index (χ4n) is 2.99. The highest BCUT2D eigenvalue weighted by Crippen LogP contribution is 2.32. The van der Waals surface area contributed by atoms with Gasteiger partial charge in [-0.2, -0.15) is 0 Å². The lowest BCUT2D eigenvalue weighted by molar-refractivity contribution is -0.133. The predicted molar refractivity (Wildman–Crippen MR) is 81.6 cm³/mol. The molecule has 1 saturated heterocycles. The second-order valence-corrected chi connectivity index (χ2v) is 6.27. The molecule has 23 heavy (non-hydrogen) atoms. The Bertz CT molecular complexity index is 657. The van der Waals surface area contributed by atoms with Crippen molar-refractivity contribution in [2.75, 3.05) is 20.1 Å². The van der Waals surface area contributed by atoms with Gasteiger partial charge in [-0.1, -0.05) is 0 Å². The van der Waals surface area contributed by atoms with Gasteiger partial charge in [0, 0.05) is 31.6 Å². The number of benzene rings is 1. The first-order chi connectivity index (χ1) is 11.0. The van der Waals surface area contributed by atoms with Crippen LogP contribution < -0.4 is 0 Å². The second kappa shape index (κ2) is 6.10. The minimum atomic E-state index is -0.633. The van der Waals surface area contributed by atoms with E-state index in [1.165, 1.54) is 12.1 Å². The van der Waals surface area contributed by atoms with Gasteiger partial charge in [0.05, 0.1) is 11.6 Å². The lowest BCUT2D eigenvalue weighted by Gasteiger charge is -2.25. The number of amides is 2. The highest BCUT2D eigenvalue weighted by Gasteiger charge is 2.37. The van der Waals surface area contributed by atoms with Crippen LogP contribution in [0.2, 0.25) is 0 Å². The van der Waals surface area contributed by atoms with Gasteiger partial charge < -0.3 is 9.80 Å². The molecule has 1 saturated carbocycles. The van der Waals surface area contributed by atoms with Gasteiger partial charge in [0.25, 0.3) is 5.91 Å². The molecule has 5 nitrogen and oxygen atoms in total. The maximum absolute atomic E-state index is 13.9. The Morgan fingerprint density at radius 3 is 2.70 bits per heavy atom. The van der Waals surface area contributed by atoms with Crippen molar-refractivity contribution in [3.05, 3.63) is 35.1 Å². The van der Waals surface area contributed by atoms with E-state index in [2.05, 4.69) is 0 Å². The summed E-state index contributed by atoms with van der Waals surface area (Å²) in [4.78, 5) is 38.7. The standard InChI is InChI=1S/C17H19FN2O3/c1-19(16(22)12-3-4-12)13-6-7-20(9-13)17(23)14-8-11(10-21)2-5-15(14)18/h2,5,8,10,12-13H,3-4,6-7,9H2,1H3/t13-/m0/s1. The number of hydrogen-bond acceptors (Lipinski definition) is 3. The third-order valence-electron chi connectivity index (χ3n) is 4.63. The van der Waals surface area contributed by atoms with E-state index in [1.807, 2.05) is 0 Å². The third-order valence-corrected chi connectivity index (χ3v) is 4.63. The molecular weight excluding hydrogens is 299 g/mol. The SMILES string of the molecule is CN(C(=O)C1CC1)[C@H]1CCN(C(=O)c2cc(C=O)ccc2F)C1. The Labute approximate surface area is 134 Å². The molecule has 0 bridgehead atoms. The molecule has 1 aromatic rings. The lowest BCUT2D eigenvalue weighted by Crippen LogP contribution is -2.40. The molecule has 6 heteroatoms. The van der Waals surface area contributed by atoms with E-state index >= 15 is 0 Å². The van der Waals surface area contributed by atoms with Crippen LogP contribution in [0.1, 0.15) is 40.0 Å². The zero-order valence-electron chi connectivity index (χ0n) is 13.0. The van der Waals surface area contributed by atoms with Crippen LogP contribution in [0.3, 0.4) is 0 Å². The molecule has 2 amide bonds. The van der Waals surface area contributed by atoms with Crippen LogP contribution in [0.25, 0.3) is 0 Å². The van der Waals surface area contributed by atoms with Gasteiger partial charge in [-0.3, -0.25) is 14.4 Å². The summed E-state index contributed by atoms with van der Waals surface area (Å²) in [6.07, 6.45) is 3.17. The zero-order chi connectivity index (χ0) is 16.6. The average Bonchev–Trinajstić information content (AvgIpc) is 3.30. The molecule has 0 aromatic heterocycles. The molecule has 3 rings (SSSR count). The van der Waals surface area contributed by atoms with Crippen molar-refractivity contribution in [2.45, 2.75) is 25.3 Å². The monoisotopic (exact) mass is 318 g/mol. The van der Waals surface area contributed by atoms with Gasteiger partial charge in [0.2, 0.25) is 5.91 Å². The molecule has 0 spiro atoms. The predicted octanol–water partition coefficient (Wildman–Crippen LogP) is 1.72. The highest BCUT2D eigenvalue weighted by atomic mass is 19.1. The van der Waals surface area contributed by atoms with Crippen LogP contribution in [0.4, 0.5) is 4.39 Å². The number of rotatable bonds is 4. The quantitative estimate of drug-likeness (QED) is 0.794. The van der Waals surface area contributed by atoms with Crippen molar-refractivity contribution in [2.24, 2.45) is 5.92 Å². The Hall–Kier alpha value is -2.24. The molecular formula is C17H19FN2O3. The van der Waals surface area contributed by atoms with Gasteiger partial charge in [0.1, 0.15) is 12.1 Å². The molecule has 122 valence electrons. The summed E-state index contributed by atoms with van der Waals surface area (Å²) in [7, 11) is 1.77. The van der Waals surface area contributed by atoms with Crippen molar-refractivity contribution in [3.8, 4) is 0 Å². The van der Waals surface area contributed by atoms with Crippen LogP contribution in [-0.4, -0.2) is 54.1 Å². The summed E-state index contributed by atoms with van der Waals surface area (Å²) in [6.45, 7) is 0.884. The molecule has 1 aliphatic carbocycles. The Morgan fingerprint density at radius 1 is 1.30 bits per heavy atom. The van der Waals surface area contributed by atoms with Gasteiger partial charge >= 0.3 is 0 Å².